The number of carbonyl (C=O) groups is 2. The normalized spacial score (nSPS) is 12.1. The molecule has 0 saturated carbocycles. The number of fused-ring (bicyclic) bond motifs is 1. The molecule has 0 aromatic heterocycles. The second kappa shape index (κ2) is 11.5. The van der Waals surface area contributed by atoms with E-state index in [0.29, 0.717) is 6.42 Å². The second-order valence-electron chi connectivity index (χ2n) is 7.86. The van der Waals surface area contributed by atoms with E-state index in [2.05, 4.69) is 17.6 Å². The lowest BCUT2D eigenvalue weighted by Crippen LogP contribution is -2.47. The van der Waals surface area contributed by atoms with Gasteiger partial charge in [-0.15, -0.1) is 0 Å². The first-order valence-corrected chi connectivity index (χ1v) is 10.6. The van der Waals surface area contributed by atoms with Crippen LogP contribution in [0.5, 0.6) is 0 Å². The summed E-state index contributed by atoms with van der Waals surface area (Å²) < 4.78 is 0. The summed E-state index contributed by atoms with van der Waals surface area (Å²) in [6.07, 6.45) is 7.34. The molecule has 0 aliphatic rings. The smallest absolute Gasteiger partial charge is 0.247 e. The van der Waals surface area contributed by atoms with E-state index in [9.17, 15) is 9.59 Å². The Balaban J connectivity index is 1.87. The summed E-state index contributed by atoms with van der Waals surface area (Å²) >= 11 is 0. The lowest BCUT2D eigenvalue weighted by molar-refractivity contribution is -0.127. The third-order valence-corrected chi connectivity index (χ3v) is 5.04. The van der Waals surface area contributed by atoms with Gasteiger partial charge in [0.05, 0.1) is 0 Å². The fraction of sp³-hybridized carbons (Fsp3) is 0.500. The van der Waals surface area contributed by atoms with Crippen LogP contribution in [0.15, 0.2) is 42.5 Å². The molecule has 28 heavy (non-hydrogen) atoms. The predicted molar refractivity (Wildman–Crippen MR) is 117 cm³/mol. The van der Waals surface area contributed by atoms with Gasteiger partial charge in [-0.3, -0.25) is 9.59 Å². The zero-order chi connectivity index (χ0) is 20.4. The highest BCUT2D eigenvalue weighted by Crippen LogP contribution is 2.19. The van der Waals surface area contributed by atoms with Crippen molar-refractivity contribution in [3.63, 3.8) is 0 Å². The first-order valence-electron chi connectivity index (χ1n) is 10.6. The Kier molecular flexibility index (Phi) is 8.99. The molecule has 2 rings (SSSR count). The molecule has 1 atom stereocenters. The molecule has 2 aromatic rings. The predicted octanol–water partition coefficient (Wildman–Crippen LogP) is 5.67. The molecule has 0 bridgehead atoms. The molecule has 152 valence electrons. The highest BCUT2D eigenvalue weighted by atomic mass is 16.2. The molecule has 2 aromatic carbocycles. The van der Waals surface area contributed by atoms with Gasteiger partial charge in [-0.25, -0.2) is 0 Å². The molecule has 1 unspecified atom stereocenters. The van der Waals surface area contributed by atoms with Crippen LogP contribution in [0.2, 0.25) is 0 Å². The summed E-state index contributed by atoms with van der Waals surface area (Å²) in [7, 11) is 0. The summed E-state index contributed by atoms with van der Waals surface area (Å²) in [6.45, 7) is 6.10. The van der Waals surface area contributed by atoms with Crippen LogP contribution in [0.3, 0.4) is 0 Å². The molecule has 2 N–H and O–H groups in total. The molecular formula is C24H34N2O2. The Labute approximate surface area is 169 Å². The number of benzene rings is 2. The molecule has 0 aliphatic carbocycles. The van der Waals surface area contributed by atoms with Crippen molar-refractivity contribution in [3.05, 3.63) is 42.5 Å². The number of anilines is 1. The monoisotopic (exact) mass is 382 g/mol. The molecule has 0 aliphatic heterocycles. The molecule has 4 nitrogen and oxygen atoms in total. The Morgan fingerprint density at radius 3 is 2.29 bits per heavy atom. The summed E-state index contributed by atoms with van der Waals surface area (Å²) in [4.78, 5) is 25.0. The van der Waals surface area contributed by atoms with E-state index in [-0.39, 0.29) is 17.7 Å². The number of nitrogens with one attached hydrogen (secondary N) is 2. The Morgan fingerprint density at radius 2 is 1.57 bits per heavy atom. The minimum Gasteiger partial charge on any atom is -0.344 e. The van der Waals surface area contributed by atoms with Gasteiger partial charge >= 0.3 is 0 Å². The SMILES string of the molecule is CCCCCCCCC(=O)NC(C(=O)Nc1ccc2ccccc2c1)C(C)C. The molecule has 0 spiro atoms. The highest BCUT2D eigenvalue weighted by Gasteiger charge is 2.24. The standard InChI is InChI=1S/C24H34N2O2/c1-4-5-6-7-8-9-14-22(27)26-23(18(2)3)24(28)25-21-16-15-19-12-10-11-13-20(19)17-21/h10-13,15-18,23H,4-9,14H2,1-3H3,(H,25,28)(H,26,27). The zero-order valence-corrected chi connectivity index (χ0v) is 17.5. The van der Waals surface area contributed by atoms with E-state index in [1.54, 1.807) is 0 Å². The largest absolute Gasteiger partial charge is 0.344 e. The Morgan fingerprint density at radius 1 is 0.893 bits per heavy atom. The van der Waals surface area contributed by atoms with Crippen LogP contribution < -0.4 is 10.6 Å². The van der Waals surface area contributed by atoms with Gasteiger partial charge in [0.1, 0.15) is 6.04 Å². The highest BCUT2D eigenvalue weighted by molar-refractivity contribution is 5.99. The average Bonchev–Trinajstić information content (AvgIpc) is 2.68. The van der Waals surface area contributed by atoms with Gasteiger partial charge in [0, 0.05) is 12.1 Å². The number of rotatable bonds is 11. The van der Waals surface area contributed by atoms with E-state index in [1.165, 1.54) is 25.7 Å². The summed E-state index contributed by atoms with van der Waals surface area (Å²) in [5.74, 6) is -0.182. The van der Waals surface area contributed by atoms with Crippen molar-refractivity contribution >= 4 is 28.3 Å². The quantitative estimate of drug-likeness (QED) is 0.492. The topological polar surface area (TPSA) is 58.2 Å². The maximum atomic E-state index is 12.7. The summed E-state index contributed by atoms with van der Waals surface area (Å²) in [6, 6.07) is 13.4. The van der Waals surface area contributed by atoms with Gasteiger partial charge in [-0.2, -0.15) is 0 Å². The van der Waals surface area contributed by atoms with Gasteiger partial charge in [-0.1, -0.05) is 83.2 Å². The van der Waals surface area contributed by atoms with Gasteiger partial charge < -0.3 is 10.6 Å². The van der Waals surface area contributed by atoms with Crippen LogP contribution in [0.25, 0.3) is 10.8 Å². The third kappa shape index (κ3) is 6.99. The second-order valence-corrected chi connectivity index (χ2v) is 7.86. The maximum absolute atomic E-state index is 12.7. The molecular weight excluding hydrogens is 348 g/mol. The molecule has 0 fully saturated rings. The molecule has 0 radical (unpaired) electrons. The van der Waals surface area contributed by atoms with Crippen LogP contribution in [0.4, 0.5) is 5.69 Å². The molecule has 4 heteroatoms. The Bertz CT molecular complexity index is 770. The minimum atomic E-state index is -0.529. The van der Waals surface area contributed by atoms with Crippen molar-refractivity contribution in [3.8, 4) is 0 Å². The van der Waals surface area contributed by atoms with Crippen molar-refractivity contribution in [2.24, 2.45) is 5.92 Å². The number of unbranched alkanes of at least 4 members (excludes halogenated alkanes) is 5. The van der Waals surface area contributed by atoms with Crippen molar-refractivity contribution in [2.75, 3.05) is 5.32 Å². The first kappa shape index (κ1) is 21.9. The maximum Gasteiger partial charge on any atom is 0.247 e. The van der Waals surface area contributed by atoms with Crippen LogP contribution in [0, 0.1) is 5.92 Å². The summed E-state index contributed by atoms with van der Waals surface area (Å²) in [5, 5.41) is 8.09. The first-order chi connectivity index (χ1) is 13.5. The van der Waals surface area contributed by atoms with E-state index in [4.69, 9.17) is 0 Å². The van der Waals surface area contributed by atoms with Crippen LogP contribution in [0.1, 0.15) is 65.7 Å². The Hall–Kier alpha value is -2.36. The number of hydrogen-bond donors (Lipinski definition) is 2. The van der Waals surface area contributed by atoms with Gasteiger partial charge in [-0.05, 0) is 35.2 Å². The fourth-order valence-electron chi connectivity index (χ4n) is 3.33. The van der Waals surface area contributed by atoms with Crippen molar-refractivity contribution in [2.45, 2.75) is 71.8 Å². The summed E-state index contributed by atoms with van der Waals surface area (Å²) in [5.41, 5.74) is 0.750. The van der Waals surface area contributed by atoms with Crippen molar-refractivity contribution in [1.82, 2.24) is 5.32 Å². The lowest BCUT2D eigenvalue weighted by Gasteiger charge is -2.22. The van der Waals surface area contributed by atoms with Gasteiger partial charge in [0.15, 0.2) is 0 Å². The minimum absolute atomic E-state index is 0.0222. The molecule has 0 heterocycles. The molecule has 0 saturated heterocycles. The average molecular weight is 383 g/mol. The lowest BCUT2D eigenvalue weighted by atomic mass is 10.0. The van der Waals surface area contributed by atoms with E-state index < -0.39 is 6.04 Å². The van der Waals surface area contributed by atoms with Crippen molar-refractivity contribution in [1.29, 1.82) is 0 Å². The van der Waals surface area contributed by atoms with E-state index in [1.807, 2.05) is 56.3 Å². The number of carbonyl (C=O) groups excluding carboxylic acids is 2. The van der Waals surface area contributed by atoms with E-state index >= 15 is 0 Å². The number of amides is 2. The fourth-order valence-corrected chi connectivity index (χ4v) is 3.33. The van der Waals surface area contributed by atoms with Crippen LogP contribution >= 0.6 is 0 Å². The van der Waals surface area contributed by atoms with Crippen molar-refractivity contribution < 1.29 is 9.59 Å². The van der Waals surface area contributed by atoms with Crippen LogP contribution in [-0.2, 0) is 9.59 Å². The zero-order valence-electron chi connectivity index (χ0n) is 17.5. The third-order valence-electron chi connectivity index (χ3n) is 5.04. The van der Waals surface area contributed by atoms with Crippen LogP contribution in [-0.4, -0.2) is 17.9 Å². The van der Waals surface area contributed by atoms with E-state index in [0.717, 1.165) is 29.3 Å². The number of hydrogen-bond acceptors (Lipinski definition) is 2. The molecule has 2 amide bonds. The van der Waals surface area contributed by atoms with Gasteiger partial charge in [0.25, 0.3) is 0 Å². The van der Waals surface area contributed by atoms with Gasteiger partial charge in [0.2, 0.25) is 11.8 Å².